The van der Waals surface area contributed by atoms with Crippen molar-refractivity contribution in [3.8, 4) is 0 Å². The summed E-state index contributed by atoms with van der Waals surface area (Å²) in [6.45, 7) is 11.3. The van der Waals surface area contributed by atoms with Crippen LogP contribution in [0.1, 0.15) is 149 Å². The molecular weight excluding hydrogens is 1000 g/mol. The number of fused-ring (bicyclic) bond motifs is 5. The fourth-order valence-corrected chi connectivity index (χ4v) is 13.4. The molecule has 430 valence electrons. The van der Waals surface area contributed by atoms with E-state index in [1.54, 1.807) is 69.3 Å². The predicted octanol–water partition coefficient (Wildman–Crippen LogP) is 6.44. The van der Waals surface area contributed by atoms with Crippen molar-refractivity contribution in [3.05, 3.63) is 71.8 Å². The van der Waals surface area contributed by atoms with Crippen LogP contribution < -0.4 is 21.3 Å². The van der Waals surface area contributed by atoms with Crippen molar-refractivity contribution in [1.82, 2.24) is 21.3 Å². The first-order chi connectivity index (χ1) is 36.9. The zero-order chi connectivity index (χ0) is 57.0. The van der Waals surface area contributed by atoms with Crippen LogP contribution in [0.5, 0.6) is 0 Å². The van der Waals surface area contributed by atoms with E-state index in [4.69, 9.17) is 18.9 Å². The number of amides is 4. The second kappa shape index (κ2) is 27.2. The van der Waals surface area contributed by atoms with Crippen molar-refractivity contribution >= 4 is 47.7 Å². The monoisotopic (exact) mass is 1090 g/mol. The number of benzene rings is 2. The van der Waals surface area contributed by atoms with E-state index in [1.807, 2.05) is 12.1 Å². The number of hydrogen-bond acceptors (Lipinski definition) is 14. The number of carboxylic acid groups (broad SMARTS) is 1. The number of carbonyl (C=O) groups is 8. The topological polar surface area (TPSA) is 282 Å². The molecule has 0 unspecified atom stereocenters. The van der Waals surface area contributed by atoms with E-state index in [9.17, 15) is 53.7 Å². The van der Waals surface area contributed by atoms with Gasteiger partial charge in [-0.3, -0.25) is 33.6 Å². The van der Waals surface area contributed by atoms with Gasteiger partial charge in [-0.15, -0.1) is 0 Å². The van der Waals surface area contributed by atoms with Crippen LogP contribution in [-0.2, 0) is 65.7 Å². The van der Waals surface area contributed by atoms with E-state index in [0.29, 0.717) is 50.5 Å². The maximum Gasteiger partial charge on any atom is 0.408 e. The molecule has 4 saturated carbocycles. The Morgan fingerprint density at radius 2 is 1.18 bits per heavy atom. The van der Waals surface area contributed by atoms with Crippen LogP contribution in [-0.4, -0.2) is 112 Å². The number of ether oxygens (including phenoxy) is 4. The predicted molar refractivity (Wildman–Crippen MR) is 285 cm³/mol. The summed E-state index contributed by atoms with van der Waals surface area (Å²) in [7, 11) is 1.39. The van der Waals surface area contributed by atoms with Gasteiger partial charge in [-0.2, -0.15) is 0 Å². The standard InChI is InChI=1S/C59H84N4O15/c1-35(18-25-49(68)75-7)40-19-20-41-52-42(32-47(65)59(40,41)6)58(5)29-28-39(30-38(58)31-46(52)64)60-53(71)43(21-24-48(66)67)61-54(72)44(22-26-50(69)76-33-36-14-10-8-11-15-36)62-55(73)45(63-56(74)78-57(2,3)4)23-27-51(70)77-34-37-16-12-9-13-17-37/h8-17,35,38-47,52,64-65H,18-34H2,1-7H3,(H,60,71)(H,61,72)(H,62,73)(H,63,74)(H,66,67)/t35-,38+,39+,40-,41+,42+,43+,44+,45+,46-,47+,52+,58+,59-/m1/s1. The third kappa shape index (κ3) is 16.0. The molecule has 0 saturated heterocycles. The summed E-state index contributed by atoms with van der Waals surface area (Å²) in [6, 6.07) is 13.1. The Kier molecular flexibility index (Phi) is 21.3. The first kappa shape index (κ1) is 61.1. The van der Waals surface area contributed by atoms with Gasteiger partial charge in [0.25, 0.3) is 0 Å². The highest BCUT2D eigenvalue weighted by molar-refractivity contribution is 5.94. The lowest BCUT2D eigenvalue weighted by molar-refractivity contribution is -0.202. The smallest absolute Gasteiger partial charge is 0.408 e. The Balaban J connectivity index is 1.15. The fourth-order valence-electron chi connectivity index (χ4n) is 13.4. The molecule has 19 nitrogen and oxygen atoms in total. The van der Waals surface area contributed by atoms with Gasteiger partial charge < -0.3 is 55.5 Å². The van der Waals surface area contributed by atoms with E-state index in [1.165, 1.54) is 7.11 Å². The molecule has 2 aromatic carbocycles. The van der Waals surface area contributed by atoms with Crippen LogP contribution in [0, 0.1) is 46.3 Å². The second-order valence-corrected chi connectivity index (χ2v) is 23.8. The van der Waals surface area contributed by atoms with Crippen molar-refractivity contribution in [3.63, 3.8) is 0 Å². The second-order valence-electron chi connectivity index (χ2n) is 23.8. The van der Waals surface area contributed by atoms with Crippen molar-refractivity contribution in [2.24, 2.45) is 46.3 Å². The SMILES string of the molecule is COC(=O)CC[C@@H](C)[C@H]1CC[C@H]2[C@@H]3[C@H](O)C[C@@H]4C[C@@H](NC(=O)[C@H](CCC(=O)O)NC(=O)[C@H](CCC(=O)OCc5ccccc5)NC(=O)[C@H](CCC(=O)OCc5ccccc5)NC(=O)OC(C)(C)C)CC[C@]4(C)[C@H]3C[C@H](O)[C@]12C. The summed E-state index contributed by atoms with van der Waals surface area (Å²) < 4.78 is 21.2. The van der Waals surface area contributed by atoms with Crippen LogP contribution >= 0.6 is 0 Å². The van der Waals surface area contributed by atoms with Gasteiger partial charge in [0.15, 0.2) is 0 Å². The number of nitrogens with one attached hydrogen (secondary N) is 4. The van der Waals surface area contributed by atoms with Crippen molar-refractivity contribution in [1.29, 1.82) is 0 Å². The number of esters is 3. The number of rotatable bonds is 24. The molecule has 4 aliphatic carbocycles. The van der Waals surface area contributed by atoms with Crippen molar-refractivity contribution in [2.45, 2.75) is 193 Å². The molecule has 4 aliphatic rings. The van der Waals surface area contributed by atoms with Crippen molar-refractivity contribution < 1.29 is 72.6 Å². The molecule has 4 fully saturated rings. The minimum absolute atomic E-state index is 0.0248. The summed E-state index contributed by atoms with van der Waals surface area (Å²) in [5.41, 5.74) is -0.209. The van der Waals surface area contributed by atoms with E-state index in [2.05, 4.69) is 42.0 Å². The number of carbonyl (C=O) groups excluding carboxylic acids is 7. The molecule has 0 bridgehead atoms. The molecule has 0 aromatic heterocycles. The molecule has 7 N–H and O–H groups in total. The quantitative estimate of drug-likeness (QED) is 0.0440. The molecule has 6 rings (SSSR count). The van der Waals surface area contributed by atoms with Crippen LogP contribution in [0.2, 0.25) is 0 Å². The molecule has 0 heterocycles. The molecule has 0 aliphatic heterocycles. The van der Waals surface area contributed by atoms with Gasteiger partial charge in [0, 0.05) is 31.7 Å². The van der Waals surface area contributed by atoms with Crippen LogP contribution in [0.3, 0.4) is 0 Å². The molecule has 0 radical (unpaired) electrons. The van der Waals surface area contributed by atoms with E-state index in [-0.39, 0.29) is 92.2 Å². The fraction of sp³-hybridized carbons (Fsp3) is 0.661. The Bertz CT molecular complexity index is 2400. The summed E-state index contributed by atoms with van der Waals surface area (Å²) in [4.78, 5) is 106. The van der Waals surface area contributed by atoms with Crippen molar-refractivity contribution in [2.75, 3.05) is 7.11 Å². The van der Waals surface area contributed by atoms with Gasteiger partial charge in [-0.1, -0.05) is 81.4 Å². The van der Waals surface area contributed by atoms with Crippen LogP contribution in [0.15, 0.2) is 60.7 Å². The summed E-state index contributed by atoms with van der Waals surface area (Å²) >= 11 is 0. The number of aliphatic hydroxyl groups excluding tert-OH is 2. The Labute approximate surface area is 458 Å². The van der Waals surface area contributed by atoms with Gasteiger partial charge >= 0.3 is 30.0 Å². The largest absolute Gasteiger partial charge is 0.481 e. The first-order valence-corrected chi connectivity index (χ1v) is 27.9. The zero-order valence-electron chi connectivity index (χ0n) is 46.5. The zero-order valence-corrected chi connectivity index (χ0v) is 46.5. The number of methoxy groups -OCH3 is 1. The van der Waals surface area contributed by atoms with Gasteiger partial charge in [0.05, 0.1) is 19.3 Å². The van der Waals surface area contributed by atoms with Gasteiger partial charge in [0.1, 0.15) is 36.9 Å². The average molecular weight is 1090 g/mol. The number of aliphatic carboxylic acids is 1. The molecule has 78 heavy (non-hydrogen) atoms. The highest BCUT2D eigenvalue weighted by atomic mass is 16.6. The highest BCUT2D eigenvalue weighted by Crippen LogP contribution is 2.68. The lowest BCUT2D eigenvalue weighted by atomic mass is 9.43. The third-order valence-electron chi connectivity index (χ3n) is 17.6. The van der Waals surface area contributed by atoms with E-state index >= 15 is 0 Å². The molecule has 0 spiro atoms. The van der Waals surface area contributed by atoms with E-state index in [0.717, 1.165) is 18.4 Å². The Morgan fingerprint density at radius 1 is 0.654 bits per heavy atom. The number of alkyl carbamates (subject to hydrolysis) is 1. The normalized spacial score (nSPS) is 27.8. The third-order valence-corrected chi connectivity index (χ3v) is 17.6. The highest BCUT2D eigenvalue weighted by Gasteiger charge is 2.66. The lowest BCUT2D eigenvalue weighted by Gasteiger charge is -2.63. The maximum atomic E-state index is 14.4. The summed E-state index contributed by atoms with van der Waals surface area (Å²) in [5.74, 6) is -4.92. The summed E-state index contributed by atoms with van der Waals surface area (Å²) in [6.07, 6.45) is 1.15. The minimum Gasteiger partial charge on any atom is -0.481 e. The maximum absolute atomic E-state index is 14.4. The molecule has 4 amide bonds. The number of carboxylic acids is 1. The minimum atomic E-state index is -1.53. The van der Waals surface area contributed by atoms with Gasteiger partial charge in [-0.25, -0.2) is 4.79 Å². The van der Waals surface area contributed by atoms with Crippen LogP contribution in [0.4, 0.5) is 4.79 Å². The first-order valence-electron chi connectivity index (χ1n) is 27.9. The average Bonchev–Trinajstić information content (AvgIpc) is 3.77. The molecule has 2 aromatic rings. The van der Waals surface area contributed by atoms with Gasteiger partial charge in [-0.05, 0) is 149 Å². The Hall–Kier alpha value is -6.08. The number of hydrogen-bond donors (Lipinski definition) is 7. The summed E-state index contributed by atoms with van der Waals surface area (Å²) in [5, 5.41) is 44.8. The van der Waals surface area contributed by atoms with E-state index < -0.39 is 95.5 Å². The lowest BCUT2D eigenvalue weighted by Crippen LogP contribution is -2.63. The molecular formula is C59H84N4O15. The Morgan fingerprint density at radius 3 is 1.72 bits per heavy atom. The van der Waals surface area contributed by atoms with Crippen LogP contribution in [0.25, 0.3) is 0 Å². The molecule has 14 atom stereocenters. The number of aliphatic hydroxyl groups is 2. The molecule has 19 heteroatoms. The van der Waals surface area contributed by atoms with Gasteiger partial charge in [0.2, 0.25) is 17.7 Å².